The first-order valence-electron chi connectivity index (χ1n) is 9.97. The topological polar surface area (TPSA) is 21.4 Å². The third kappa shape index (κ3) is 2.69. The number of fused-ring (bicyclic) bond motifs is 3. The number of hydrogen-bond acceptors (Lipinski definition) is 1. The highest BCUT2D eigenvalue weighted by Crippen LogP contribution is 2.44. The molecule has 0 spiro atoms. The van der Waals surface area contributed by atoms with E-state index in [2.05, 4.69) is 60.8 Å². The van der Waals surface area contributed by atoms with Gasteiger partial charge < -0.3 is 4.42 Å². The van der Waals surface area contributed by atoms with Gasteiger partial charge in [-0.05, 0) is 31.0 Å². The summed E-state index contributed by atoms with van der Waals surface area (Å²) in [6.07, 6.45) is 2.13. The molecule has 2 heterocycles. The Morgan fingerprint density at radius 2 is 1.50 bits per heavy atom. The summed E-state index contributed by atoms with van der Waals surface area (Å²) in [6, 6.07) is 22.5. The van der Waals surface area contributed by atoms with Gasteiger partial charge in [-0.15, -0.1) is 0 Å². The number of aryl methyl sites for hydroxylation is 3. The van der Waals surface area contributed by atoms with Gasteiger partial charge in [-0.3, -0.25) is 0 Å². The summed E-state index contributed by atoms with van der Waals surface area (Å²) in [5, 5.41) is 2.10. The SMILES string of the molecule is [C-]#[N+]c1ccc2c(oc3c(-c4ccc(C)c[n+]4C)c(C)ccc32)c1-c1ccccc1. The van der Waals surface area contributed by atoms with E-state index in [1.165, 1.54) is 5.56 Å². The largest absolute Gasteiger partial charge is 0.456 e. The van der Waals surface area contributed by atoms with Gasteiger partial charge in [-0.2, -0.15) is 0 Å². The van der Waals surface area contributed by atoms with Crippen molar-refractivity contribution in [2.24, 2.45) is 7.05 Å². The first-order chi connectivity index (χ1) is 14.6. The van der Waals surface area contributed by atoms with E-state index in [0.717, 1.165) is 49.9 Å². The van der Waals surface area contributed by atoms with E-state index in [1.807, 2.05) is 42.5 Å². The third-order valence-corrected chi connectivity index (χ3v) is 5.72. The summed E-state index contributed by atoms with van der Waals surface area (Å²) in [5.41, 5.74) is 8.66. The molecule has 0 fully saturated rings. The van der Waals surface area contributed by atoms with E-state index in [0.29, 0.717) is 5.69 Å². The van der Waals surface area contributed by atoms with Crippen molar-refractivity contribution in [3.05, 3.63) is 95.5 Å². The molecule has 2 aromatic heterocycles. The quantitative estimate of drug-likeness (QED) is 0.237. The maximum absolute atomic E-state index is 7.68. The molecule has 5 rings (SSSR count). The van der Waals surface area contributed by atoms with Crippen LogP contribution in [0.3, 0.4) is 0 Å². The molecule has 0 aliphatic carbocycles. The molecule has 0 atom stereocenters. The maximum Gasteiger partial charge on any atom is 0.216 e. The lowest BCUT2D eigenvalue weighted by Crippen LogP contribution is -2.31. The molecule has 0 bridgehead atoms. The molecule has 3 aromatic carbocycles. The predicted octanol–water partition coefficient (Wildman–Crippen LogP) is 6.91. The van der Waals surface area contributed by atoms with Crippen molar-refractivity contribution in [3.8, 4) is 22.4 Å². The zero-order valence-corrected chi connectivity index (χ0v) is 17.2. The second kappa shape index (κ2) is 6.86. The van der Waals surface area contributed by atoms with Crippen molar-refractivity contribution in [2.75, 3.05) is 0 Å². The minimum Gasteiger partial charge on any atom is -0.456 e. The average molecular weight is 389 g/mol. The molecule has 0 radical (unpaired) electrons. The van der Waals surface area contributed by atoms with Gasteiger partial charge in [0.2, 0.25) is 5.69 Å². The van der Waals surface area contributed by atoms with Gasteiger partial charge >= 0.3 is 0 Å². The van der Waals surface area contributed by atoms with Gasteiger partial charge in [-0.25, -0.2) is 9.41 Å². The van der Waals surface area contributed by atoms with Crippen LogP contribution in [0.1, 0.15) is 11.1 Å². The van der Waals surface area contributed by atoms with Crippen LogP contribution in [0.4, 0.5) is 5.69 Å². The molecular weight excluding hydrogens is 368 g/mol. The number of benzene rings is 3. The summed E-state index contributed by atoms with van der Waals surface area (Å²) in [4.78, 5) is 3.78. The molecule has 0 unspecified atom stereocenters. The van der Waals surface area contributed by atoms with Crippen LogP contribution >= 0.6 is 0 Å². The highest BCUT2D eigenvalue weighted by Gasteiger charge is 2.22. The number of nitrogens with zero attached hydrogens (tertiary/aromatic N) is 2. The smallest absolute Gasteiger partial charge is 0.216 e. The summed E-state index contributed by atoms with van der Waals surface area (Å²) in [6.45, 7) is 11.9. The van der Waals surface area contributed by atoms with E-state index in [-0.39, 0.29) is 0 Å². The molecule has 5 aromatic rings. The van der Waals surface area contributed by atoms with Gasteiger partial charge in [0.25, 0.3) is 0 Å². The minimum absolute atomic E-state index is 0.604. The van der Waals surface area contributed by atoms with Crippen molar-refractivity contribution >= 4 is 27.6 Å². The molecule has 0 aliphatic heterocycles. The fraction of sp³-hybridized carbons (Fsp3) is 0.111. The van der Waals surface area contributed by atoms with E-state index in [9.17, 15) is 0 Å². The molecule has 0 aliphatic rings. The molecule has 30 heavy (non-hydrogen) atoms. The van der Waals surface area contributed by atoms with Crippen molar-refractivity contribution in [2.45, 2.75) is 13.8 Å². The third-order valence-electron chi connectivity index (χ3n) is 5.72. The number of furan rings is 1. The van der Waals surface area contributed by atoms with Crippen LogP contribution in [-0.4, -0.2) is 0 Å². The van der Waals surface area contributed by atoms with Crippen molar-refractivity contribution < 1.29 is 8.98 Å². The second-order valence-corrected chi connectivity index (χ2v) is 7.75. The fourth-order valence-corrected chi connectivity index (χ4v) is 4.29. The summed E-state index contributed by atoms with van der Waals surface area (Å²) >= 11 is 0. The van der Waals surface area contributed by atoms with Crippen LogP contribution in [0.5, 0.6) is 0 Å². The fourth-order valence-electron chi connectivity index (χ4n) is 4.29. The van der Waals surface area contributed by atoms with E-state index in [4.69, 9.17) is 11.0 Å². The van der Waals surface area contributed by atoms with E-state index < -0.39 is 0 Å². The van der Waals surface area contributed by atoms with Crippen LogP contribution < -0.4 is 4.57 Å². The summed E-state index contributed by atoms with van der Waals surface area (Å²) in [5.74, 6) is 0. The molecule has 3 heteroatoms. The zero-order valence-electron chi connectivity index (χ0n) is 17.2. The van der Waals surface area contributed by atoms with Crippen LogP contribution in [0.25, 0.3) is 49.2 Å². The highest BCUT2D eigenvalue weighted by atomic mass is 16.3. The van der Waals surface area contributed by atoms with Crippen LogP contribution in [0.15, 0.2) is 77.3 Å². The van der Waals surface area contributed by atoms with E-state index >= 15 is 0 Å². The Morgan fingerprint density at radius 3 is 2.20 bits per heavy atom. The summed E-state index contributed by atoms with van der Waals surface area (Å²) in [7, 11) is 2.07. The van der Waals surface area contributed by atoms with Crippen molar-refractivity contribution in [1.82, 2.24) is 0 Å². The molecule has 3 nitrogen and oxygen atoms in total. The van der Waals surface area contributed by atoms with Crippen molar-refractivity contribution in [3.63, 3.8) is 0 Å². The Balaban J connectivity index is 1.92. The van der Waals surface area contributed by atoms with Gasteiger partial charge in [-0.1, -0.05) is 54.6 Å². The normalized spacial score (nSPS) is 11.1. The standard InChI is InChI=1S/C27H21N2O/c1-17-10-15-23(29(4)16-17)24-18(2)11-12-20-21-13-14-22(28-3)25(27(21)30-26(20)24)19-8-6-5-7-9-19/h5-16H,1-2,4H3/q+1. The number of hydrogen-bond donors (Lipinski definition) is 0. The minimum atomic E-state index is 0.604. The molecular formula is C27H21N2O+. The first kappa shape index (κ1) is 18.1. The molecule has 0 amide bonds. The Kier molecular flexibility index (Phi) is 4.15. The Bertz CT molecular complexity index is 1470. The molecule has 144 valence electrons. The number of aromatic nitrogens is 1. The monoisotopic (exact) mass is 389 g/mol. The van der Waals surface area contributed by atoms with Crippen LogP contribution in [-0.2, 0) is 7.05 Å². The zero-order chi connectivity index (χ0) is 20.8. The van der Waals surface area contributed by atoms with E-state index in [1.54, 1.807) is 0 Å². The predicted molar refractivity (Wildman–Crippen MR) is 122 cm³/mol. The van der Waals surface area contributed by atoms with Crippen LogP contribution in [0.2, 0.25) is 0 Å². The lowest BCUT2D eigenvalue weighted by Gasteiger charge is -2.06. The van der Waals surface area contributed by atoms with Gasteiger partial charge in [0.05, 0.1) is 12.1 Å². The molecule has 0 N–H and O–H groups in total. The van der Waals surface area contributed by atoms with Crippen LogP contribution in [0, 0.1) is 20.4 Å². The maximum atomic E-state index is 7.68. The average Bonchev–Trinajstić information content (AvgIpc) is 3.13. The van der Waals surface area contributed by atoms with Gasteiger partial charge in [0, 0.05) is 28.0 Å². The van der Waals surface area contributed by atoms with Crippen molar-refractivity contribution in [1.29, 1.82) is 0 Å². The number of pyridine rings is 1. The Labute approximate surface area is 175 Å². The molecule has 0 saturated carbocycles. The number of rotatable bonds is 2. The Hall–Kier alpha value is -3.90. The Morgan fingerprint density at radius 1 is 0.800 bits per heavy atom. The van der Waals surface area contributed by atoms with Gasteiger partial charge in [0.15, 0.2) is 11.9 Å². The first-order valence-corrected chi connectivity index (χ1v) is 9.97. The lowest BCUT2D eigenvalue weighted by atomic mass is 9.98. The van der Waals surface area contributed by atoms with Gasteiger partial charge in [0.1, 0.15) is 18.2 Å². The highest BCUT2D eigenvalue weighted by molar-refractivity contribution is 6.15. The summed E-state index contributed by atoms with van der Waals surface area (Å²) < 4.78 is 8.72. The lowest BCUT2D eigenvalue weighted by molar-refractivity contribution is -0.660. The second-order valence-electron chi connectivity index (χ2n) is 7.75. The molecule has 0 saturated heterocycles.